The number of nitrogens with one attached hydrogen (secondary N) is 1. The molecule has 0 saturated carbocycles. The molecular weight excluding hydrogens is 297 g/mol. The van der Waals surface area contributed by atoms with E-state index >= 15 is 0 Å². The van der Waals surface area contributed by atoms with Gasteiger partial charge in [0.25, 0.3) is 0 Å². The first kappa shape index (κ1) is 18.9. The van der Waals surface area contributed by atoms with Crippen LogP contribution in [0.15, 0.2) is 18.2 Å². The monoisotopic (exact) mass is 321 g/mol. The molecule has 0 bridgehead atoms. The van der Waals surface area contributed by atoms with Crippen molar-refractivity contribution in [2.75, 3.05) is 20.7 Å². The Hall–Kier alpha value is -2.13. The molecule has 0 fully saturated rings. The van der Waals surface area contributed by atoms with Crippen molar-refractivity contribution < 1.29 is 13.9 Å². The minimum absolute atomic E-state index is 0.00237. The fourth-order valence-electron chi connectivity index (χ4n) is 2.05. The molecule has 0 radical (unpaired) electrons. The molecule has 0 aromatic heterocycles. The van der Waals surface area contributed by atoms with E-state index in [0.717, 1.165) is 5.56 Å². The molecule has 0 heterocycles. The molecule has 1 rings (SSSR count). The SMILES string of the molecule is COc1ccc(CN(C)CC(=O)N[C@](C)(C#N)C(C)C)cc1F. The van der Waals surface area contributed by atoms with Gasteiger partial charge < -0.3 is 10.1 Å². The highest BCUT2D eigenvalue weighted by molar-refractivity contribution is 5.79. The van der Waals surface area contributed by atoms with Gasteiger partial charge in [0.15, 0.2) is 11.6 Å². The molecule has 1 atom stereocenters. The Bertz CT molecular complexity index is 598. The van der Waals surface area contributed by atoms with Crippen molar-refractivity contribution in [3.8, 4) is 11.8 Å². The third kappa shape index (κ3) is 5.22. The summed E-state index contributed by atoms with van der Waals surface area (Å²) in [4.78, 5) is 13.9. The molecule has 0 saturated heterocycles. The number of hydrogen-bond acceptors (Lipinski definition) is 4. The molecule has 126 valence electrons. The van der Waals surface area contributed by atoms with E-state index < -0.39 is 11.4 Å². The Morgan fingerprint density at radius 3 is 2.65 bits per heavy atom. The van der Waals surface area contributed by atoms with Crippen LogP contribution >= 0.6 is 0 Å². The highest BCUT2D eigenvalue weighted by Crippen LogP contribution is 2.18. The summed E-state index contributed by atoms with van der Waals surface area (Å²) in [5, 5.41) is 12.0. The molecular formula is C17H24FN3O2. The lowest BCUT2D eigenvalue weighted by molar-refractivity contribution is -0.123. The second kappa shape index (κ2) is 7.93. The highest BCUT2D eigenvalue weighted by Gasteiger charge is 2.30. The molecule has 5 nitrogen and oxygen atoms in total. The zero-order chi connectivity index (χ0) is 17.6. The lowest BCUT2D eigenvalue weighted by Gasteiger charge is -2.28. The van der Waals surface area contributed by atoms with E-state index in [1.165, 1.54) is 13.2 Å². The van der Waals surface area contributed by atoms with Crippen LogP contribution in [0, 0.1) is 23.1 Å². The fourth-order valence-corrected chi connectivity index (χ4v) is 2.05. The molecule has 0 unspecified atom stereocenters. The van der Waals surface area contributed by atoms with Gasteiger partial charge in [-0.2, -0.15) is 5.26 Å². The summed E-state index contributed by atoms with van der Waals surface area (Å²) in [6.45, 7) is 6.01. The van der Waals surface area contributed by atoms with Crippen molar-refractivity contribution in [1.82, 2.24) is 10.2 Å². The van der Waals surface area contributed by atoms with Gasteiger partial charge in [0.05, 0.1) is 19.7 Å². The van der Waals surface area contributed by atoms with Crippen molar-refractivity contribution in [1.29, 1.82) is 5.26 Å². The predicted molar refractivity (Wildman–Crippen MR) is 86.3 cm³/mol. The summed E-state index contributed by atoms with van der Waals surface area (Å²) < 4.78 is 18.5. The lowest BCUT2D eigenvalue weighted by Crippen LogP contribution is -2.51. The summed E-state index contributed by atoms with van der Waals surface area (Å²) in [7, 11) is 3.18. The number of likely N-dealkylation sites (N-methyl/N-ethyl adjacent to an activating group) is 1. The third-order valence-corrected chi connectivity index (χ3v) is 3.87. The fraction of sp³-hybridized carbons (Fsp3) is 0.529. The van der Waals surface area contributed by atoms with E-state index in [9.17, 15) is 14.4 Å². The molecule has 1 N–H and O–H groups in total. The Balaban J connectivity index is 2.63. The topological polar surface area (TPSA) is 65.4 Å². The number of methoxy groups -OCH3 is 1. The number of carbonyl (C=O) groups excluding carboxylic acids is 1. The zero-order valence-corrected chi connectivity index (χ0v) is 14.3. The molecule has 23 heavy (non-hydrogen) atoms. The van der Waals surface area contributed by atoms with Gasteiger partial charge in [-0.15, -0.1) is 0 Å². The third-order valence-electron chi connectivity index (χ3n) is 3.87. The first-order valence-electron chi connectivity index (χ1n) is 7.45. The van der Waals surface area contributed by atoms with Gasteiger partial charge in [-0.3, -0.25) is 9.69 Å². The maximum Gasteiger partial charge on any atom is 0.235 e. The number of halogens is 1. The smallest absolute Gasteiger partial charge is 0.235 e. The summed E-state index contributed by atoms with van der Waals surface area (Å²) in [5.74, 6) is -0.479. The average molecular weight is 321 g/mol. The first-order valence-corrected chi connectivity index (χ1v) is 7.45. The van der Waals surface area contributed by atoms with E-state index in [-0.39, 0.29) is 24.1 Å². The summed E-state index contributed by atoms with van der Waals surface area (Å²) in [6.07, 6.45) is 0. The number of amides is 1. The number of hydrogen-bond donors (Lipinski definition) is 1. The number of carbonyl (C=O) groups is 1. The molecule has 6 heteroatoms. The van der Waals surface area contributed by atoms with Crippen LogP contribution in [0.5, 0.6) is 5.75 Å². The Labute approximate surface area is 137 Å². The van der Waals surface area contributed by atoms with Gasteiger partial charge in [-0.25, -0.2) is 4.39 Å². The number of benzene rings is 1. The average Bonchev–Trinajstić information content (AvgIpc) is 2.46. The van der Waals surface area contributed by atoms with Gasteiger partial charge in [-0.05, 0) is 37.6 Å². The predicted octanol–water partition coefficient (Wildman–Crippen LogP) is 2.32. The van der Waals surface area contributed by atoms with E-state index in [0.29, 0.717) is 6.54 Å². The van der Waals surface area contributed by atoms with Crippen LogP contribution in [-0.2, 0) is 11.3 Å². The van der Waals surface area contributed by atoms with Crippen LogP contribution in [0.3, 0.4) is 0 Å². The van der Waals surface area contributed by atoms with Crippen LogP contribution in [0.2, 0.25) is 0 Å². The van der Waals surface area contributed by atoms with Gasteiger partial charge in [0, 0.05) is 6.54 Å². The largest absolute Gasteiger partial charge is 0.494 e. The first-order chi connectivity index (χ1) is 10.7. The molecule has 1 aromatic rings. The standard InChI is InChI=1S/C17H24FN3O2/c1-12(2)17(3,11-19)20-16(22)10-21(4)9-13-6-7-15(23-5)14(18)8-13/h6-8,12H,9-10H2,1-5H3,(H,20,22)/t17-/m1/s1. The van der Waals surface area contributed by atoms with Crippen molar-refractivity contribution in [2.24, 2.45) is 5.92 Å². The van der Waals surface area contributed by atoms with Crippen molar-refractivity contribution in [3.63, 3.8) is 0 Å². The molecule has 1 amide bonds. The number of rotatable bonds is 7. The minimum atomic E-state index is -0.899. The van der Waals surface area contributed by atoms with Gasteiger partial charge in [0.2, 0.25) is 5.91 Å². The summed E-state index contributed by atoms with van der Waals surface area (Å²) in [5.41, 5.74) is -0.157. The Morgan fingerprint density at radius 2 is 2.17 bits per heavy atom. The summed E-state index contributed by atoms with van der Waals surface area (Å²) >= 11 is 0. The lowest BCUT2D eigenvalue weighted by atomic mass is 9.90. The molecule has 1 aromatic carbocycles. The van der Waals surface area contributed by atoms with Crippen molar-refractivity contribution in [3.05, 3.63) is 29.6 Å². The van der Waals surface area contributed by atoms with E-state index in [1.807, 2.05) is 13.8 Å². The molecule has 0 spiro atoms. The van der Waals surface area contributed by atoms with E-state index in [4.69, 9.17) is 4.74 Å². The zero-order valence-electron chi connectivity index (χ0n) is 14.3. The molecule has 0 aliphatic carbocycles. The minimum Gasteiger partial charge on any atom is -0.494 e. The van der Waals surface area contributed by atoms with Crippen LogP contribution in [0.25, 0.3) is 0 Å². The van der Waals surface area contributed by atoms with Crippen LogP contribution < -0.4 is 10.1 Å². The van der Waals surface area contributed by atoms with Crippen molar-refractivity contribution >= 4 is 5.91 Å². The number of nitrogens with zero attached hydrogens (tertiary/aromatic N) is 2. The maximum atomic E-state index is 13.7. The van der Waals surface area contributed by atoms with Crippen LogP contribution in [0.4, 0.5) is 4.39 Å². The molecule has 0 aliphatic heterocycles. The van der Waals surface area contributed by atoms with Gasteiger partial charge in [0.1, 0.15) is 5.54 Å². The second-order valence-corrected chi connectivity index (χ2v) is 6.16. The number of nitriles is 1. The van der Waals surface area contributed by atoms with Crippen LogP contribution in [-0.4, -0.2) is 37.0 Å². The maximum absolute atomic E-state index is 13.7. The molecule has 0 aliphatic rings. The summed E-state index contributed by atoms with van der Waals surface area (Å²) in [6, 6.07) is 6.84. The van der Waals surface area contributed by atoms with Gasteiger partial charge in [-0.1, -0.05) is 19.9 Å². The Morgan fingerprint density at radius 1 is 1.52 bits per heavy atom. The normalized spacial score (nSPS) is 13.5. The second-order valence-electron chi connectivity index (χ2n) is 6.16. The van der Waals surface area contributed by atoms with Gasteiger partial charge >= 0.3 is 0 Å². The van der Waals surface area contributed by atoms with E-state index in [2.05, 4.69) is 11.4 Å². The van der Waals surface area contributed by atoms with Crippen molar-refractivity contribution in [2.45, 2.75) is 32.9 Å². The highest BCUT2D eigenvalue weighted by atomic mass is 19.1. The number of ether oxygens (including phenoxy) is 1. The quantitative estimate of drug-likeness (QED) is 0.837. The Kier molecular flexibility index (Phi) is 6.52. The van der Waals surface area contributed by atoms with E-state index in [1.54, 1.807) is 31.0 Å². The van der Waals surface area contributed by atoms with Crippen LogP contribution in [0.1, 0.15) is 26.3 Å².